The van der Waals surface area contributed by atoms with E-state index in [2.05, 4.69) is 10.2 Å². The summed E-state index contributed by atoms with van der Waals surface area (Å²) in [5.74, 6) is 0.829. The number of rotatable bonds is 8. The molecule has 2 saturated carbocycles. The molecule has 0 bridgehead atoms. The molecule has 0 radical (unpaired) electrons. The van der Waals surface area contributed by atoms with Gasteiger partial charge in [-0.25, -0.2) is 0 Å². The number of hydrogen-bond donors (Lipinski definition) is 2. The molecule has 0 aliphatic heterocycles. The van der Waals surface area contributed by atoms with Crippen LogP contribution >= 0.6 is 0 Å². The van der Waals surface area contributed by atoms with E-state index in [0.29, 0.717) is 12.3 Å². The van der Waals surface area contributed by atoms with Crippen molar-refractivity contribution in [2.45, 2.75) is 76.4 Å². The van der Waals surface area contributed by atoms with Crippen molar-refractivity contribution in [2.24, 2.45) is 11.7 Å². The molecular weight excluding hydrogens is 426 g/mol. The molecule has 0 atom stereocenters. The van der Waals surface area contributed by atoms with Crippen molar-refractivity contribution in [3.63, 3.8) is 0 Å². The number of amides is 2. The summed E-state index contributed by atoms with van der Waals surface area (Å²) in [6.07, 6.45) is 9.25. The lowest BCUT2D eigenvalue weighted by Gasteiger charge is -2.39. The zero-order chi connectivity index (χ0) is 23.8. The second-order valence-electron chi connectivity index (χ2n) is 9.68. The van der Waals surface area contributed by atoms with Crippen molar-refractivity contribution >= 4 is 17.5 Å². The van der Waals surface area contributed by atoms with Crippen molar-refractivity contribution in [3.8, 4) is 5.75 Å². The Labute approximate surface area is 202 Å². The van der Waals surface area contributed by atoms with Gasteiger partial charge < -0.3 is 20.7 Å². The fourth-order valence-electron chi connectivity index (χ4n) is 5.20. The smallest absolute Gasteiger partial charge is 0.262 e. The lowest BCUT2D eigenvalue weighted by atomic mass is 9.85. The molecule has 0 unspecified atom stereocenters. The second kappa shape index (κ2) is 12.0. The quantitative estimate of drug-likeness (QED) is 0.584. The first-order valence-electron chi connectivity index (χ1n) is 12.7. The third kappa shape index (κ3) is 6.60. The standard InChI is InChI=1S/C28H37N3O3/c29-23-15-17-24(18-16-23)31(28(33)21-9-3-1-4-10-21)19-22-11-7-8-14-26(22)30-27(32)20-34-25-12-5-2-6-13-25/h2,5-8,11-14,21,23-24H,1,3-4,9-10,15-20,29H2,(H,30,32). The normalized spacial score (nSPS) is 21.0. The average Bonchev–Trinajstić information content (AvgIpc) is 2.88. The van der Waals surface area contributed by atoms with Gasteiger partial charge in [0.05, 0.1) is 0 Å². The molecule has 6 nitrogen and oxygen atoms in total. The number of ether oxygens (including phenoxy) is 1. The van der Waals surface area contributed by atoms with Gasteiger partial charge in [-0.05, 0) is 62.3 Å². The van der Waals surface area contributed by atoms with Crippen molar-refractivity contribution in [1.82, 2.24) is 4.90 Å². The van der Waals surface area contributed by atoms with Gasteiger partial charge in [0.25, 0.3) is 5.91 Å². The van der Waals surface area contributed by atoms with Crippen LogP contribution in [0.5, 0.6) is 5.75 Å². The van der Waals surface area contributed by atoms with E-state index >= 15 is 0 Å². The predicted molar refractivity (Wildman–Crippen MR) is 134 cm³/mol. The van der Waals surface area contributed by atoms with Gasteiger partial charge >= 0.3 is 0 Å². The molecule has 182 valence electrons. The summed E-state index contributed by atoms with van der Waals surface area (Å²) in [4.78, 5) is 28.4. The minimum atomic E-state index is -0.217. The monoisotopic (exact) mass is 463 g/mol. The van der Waals surface area contributed by atoms with Crippen LogP contribution < -0.4 is 15.8 Å². The highest BCUT2D eigenvalue weighted by molar-refractivity contribution is 5.92. The molecule has 2 fully saturated rings. The minimum absolute atomic E-state index is 0.0659. The molecule has 0 heterocycles. The molecule has 2 aromatic carbocycles. The summed E-state index contributed by atoms with van der Waals surface area (Å²) in [6.45, 7) is 0.439. The van der Waals surface area contributed by atoms with E-state index < -0.39 is 0 Å². The van der Waals surface area contributed by atoms with Crippen LogP contribution in [0.3, 0.4) is 0 Å². The molecule has 6 heteroatoms. The number of nitrogens with zero attached hydrogens (tertiary/aromatic N) is 1. The Morgan fingerprint density at radius 2 is 1.56 bits per heavy atom. The number of para-hydroxylation sites is 2. The lowest BCUT2D eigenvalue weighted by molar-refractivity contribution is -0.140. The van der Waals surface area contributed by atoms with E-state index in [1.165, 1.54) is 6.42 Å². The van der Waals surface area contributed by atoms with Gasteiger partial charge in [-0.2, -0.15) is 0 Å². The Balaban J connectivity index is 1.46. The number of benzene rings is 2. The fourth-order valence-corrected chi connectivity index (χ4v) is 5.20. The Hall–Kier alpha value is -2.86. The van der Waals surface area contributed by atoms with Crippen molar-refractivity contribution in [3.05, 3.63) is 60.2 Å². The summed E-state index contributed by atoms with van der Waals surface area (Å²) >= 11 is 0. The third-order valence-corrected chi connectivity index (χ3v) is 7.16. The van der Waals surface area contributed by atoms with E-state index in [0.717, 1.165) is 62.6 Å². The fraction of sp³-hybridized carbons (Fsp3) is 0.500. The highest BCUT2D eigenvalue weighted by Gasteiger charge is 2.33. The summed E-state index contributed by atoms with van der Waals surface area (Å²) in [5.41, 5.74) is 7.84. The maximum absolute atomic E-state index is 13.7. The molecule has 2 aromatic rings. The Morgan fingerprint density at radius 3 is 2.29 bits per heavy atom. The largest absolute Gasteiger partial charge is 0.484 e. The van der Waals surface area contributed by atoms with E-state index in [9.17, 15) is 9.59 Å². The van der Waals surface area contributed by atoms with Crippen LogP contribution in [0.15, 0.2) is 54.6 Å². The van der Waals surface area contributed by atoms with Crippen molar-refractivity contribution in [2.75, 3.05) is 11.9 Å². The molecule has 3 N–H and O–H groups in total. The average molecular weight is 464 g/mol. The predicted octanol–water partition coefficient (Wildman–Crippen LogP) is 4.88. The van der Waals surface area contributed by atoms with E-state index in [1.807, 2.05) is 54.6 Å². The van der Waals surface area contributed by atoms with Crippen LogP contribution in [0, 0.1) is 5.92 Å². The minimum Gasteiger partial charge on any atom is -0.484 e. The Kier molecular flexibility index (Phi) is 8.58. The zero-order valence-corrected chi connectivity index (χ0v) is 20.0. The summed E-state index contributed by atoms with van der Waals surface area (Å²) in [6, 6.07) is 17.5. The van der Waals surface area contributed by atoms with Gasteiger partial charge in [-0.15, -0.1) is 0 Å². The molecule has 0 spiro atoms. The first-order chi connectivity index (χ1) is 16.6. The zero-order valence-electron chi connectivity index (χ0n) is 20.0. The van der Waals surface area contributed by atoms with E-state index in [-0.39, 0.29) is 36.4 Å². The van der Waals surface area contributed by atoms with Crippen LogP contribution in [-0.4, -0.2) is 35.4 Å². The Morgan fingerprint density at radius 1 is 0.882 bits per heavy atom. The van der Waals surface area contributed by atoms with Gasteiger partial charge in [-0.1, -0.05) is 55.7 Å². The number of nitrogens with two attached hydrogens (primary N) is 1. The molecule has 2 amide bonds. The molecule has 2 aliphatic carbocycles. The van der Waals surface area contributed by atoms with Crippen molar-refractivity contribution < 1.29 is 14.3 Å². The maximum Gasteiger partial charge on any atom is 0.262 e. The summed E-state index contributed by atoms with van der Waals surface area (Å²) in [7, 11) is 0. The van der Waals surface area contributed by atoms with Crippen LogP contribution in [0.4, 0.5) is 5.69 Å². The SMILES string of the molecule is NC1CCC(N(Cc2ccccc2NC(=O)COc2ccccc2)C(=O)C2CCCCC2)CC1. The molecule has 2 aliphatic rings. The number of carbonyl (C=O) groups excluding carboxylic acids is 2. The maximum atomic E-state index is 13.7. The van der Waals surface area contributed by atoms with Gasteiger partial charge in [0, 0.05) is 30.2 Å². The molecule has 0 aromatic heterocycles. The van der Waals surface area contributed by atoms with Crippen molar-refractivity contribution in [1.29, 1.82) is 0 Å². The highest BCUT2D eigenvalue weighted by atomic mass is 16.5. The molecule has 34 heavy (non-hydrogen) atoms. The van der Waals surface area contributed by atoms with Crippen LogP contribution in [-0.2, 0) is 16.1 Å². The number of nitrogens with one attached hydrogen (secondary N) is 1. The van der Waals surface area contributed by atoms with Crippen LogP contribution in [0.1, 0.15) is 63.4 Å². The van der Waals surface area contributed by atoms with E-state index in [1.54, 1.807) is 0 Å². The first-order valence-corrected chi connectivity index (χ1v) is 12.7. The topological polar surface area (TPSA) is 84.7 Å². The van der Waals surface area contributed by atoms with Crippen LogP contribution in [0.25, 0.3) is 0 Å². The van der Waals surface area contributed by atoms with Crippen LogP contribution in [0.2, 0.25) is 0 Å². The summed E-state index contributed by atoms with van der Waals surface area (Å²) < 4.78 is 5.60. The second-order valence-corrected chi connectivity index (χ2v) is 9.68. The molecule has 0 saturated heterocycles. The molecule has 4 rings (SSSR count). The number of carbonyl (C=O) groups is 2. The lowest BCUT2D eigenvalue weighted by Crippen LogP contribution is -2.46. The summed E-state index contributed by atoms with van der Waals surface area (Å²) in [5, 5.41) is 2.99. The van der Waals surface area contributed by atoms with Gasteiger partial charge in [-0.3, -0.25) is 9.59 Å². The van der Waals surface area contributed by atoms with Gasteiger partial charge in [0.2, 0.25) is 5.91 Å². The van der Waals surface area contributed by atoms with Gasteiger partial charge in [0.15, 0.2) is 6.61 Å². The number of hydrogen-bond acceptors (Lipinski definition) is 4. The van der Waals surface area contributed by atoms with Gasteiger partial charge in [0.1, 0.15) is 5.75 Å². The first kappa shape index (κ1) is 24.3. The molecular formula is C28H37N3O3. The number of anilines is 1. The third-order valence-electron chi connectivity index (χ3n) is 7.16. The highest BCUT2D eigenvalue weighted by Crippen LogP contribution is 2.31. The Bertz CT molecular complexity index is 935. The van der Waals surface area contributed by atoms with E-state index in [4.69, 9.17) is 10.5 Å².